The van der Waals surface area contributed by atoms with Crippen LogP contribution in [0.25, 0.3) is 0 Å². The van der Waals surface area contributed by atoms with Gasteiger partial charge in [-0.05, 0) is 19.4 Å². The largest absolute Gasteiger partial charge is 0.379 e. The topological polar surface area (TPSA) is 58.6 Å². The van der Waals surface area contributed by atoms with E-state index >= 15 is 0 Å². The molecule has 100 valence electrons. The third-order valence-electron chi connectivity index (χ3n) is 3.56. The van der Waals surface area contributed by atoms with Gasteiger partial charge in [-0.15, -0.1) is 0 Å². The van der Waals surface area contributed by atoms with Crippen molar-refractivity contribution in [1.82, 2.24) is 10.2 Å². The molecule has 1 atom stereocenters. The summed E-state index contributed by atoms with van der Waals surface area (Å²) in [6, 6.07) is 0. The van der Waals surface area contributed by atoms with Crippen molar-refractivity contribution in [2.75, 3.05) is 51.7 Å². The van der Waals surface area contributed by atoms with Crippen molar-refractivity contribution in [3.05, 3.63) is 0 Å². The Hall–Kier alpha value is -0.170. The second-order valence-electron chi connectivity index (χ2n) is 4.79. The molecule has 0 radical (unpaired) electrons. The van der Waals surface area contributed by atoms with Gasteiger partial charge in [0.25, 0.3) is 0 Å². The molecule has 0 spiro atoms. The zero-order chi connectivity index (χ0) is 12.1. The van der Waals surface area contributed by atoms with Crippen molar-refractivity contribution < 1.29 is 13.2 Å². The van der Waals surface area contributed by atoms with Gasteiger partial charge in [-0.25, -0.2) is 8.42 Å². The first-order valence-electron chi connectivity index (χ1n) is 6.41. The Morgan fingerprint density at radius 1 is 1.29 bits per heavy atom. The first-order valence-corrected chi connectivity index (χ1v) is 8.12. The first kappa shape index (κ1) is 13.3. The van der Waals surface area contributed by atoms with E-state index in [4.69, 9.17) is 4.74 Å². The summed E-state index contributed by atoms with van der Waals surface area (Å²) in [4.78, 5) is 2.18. The highest BCUT2D eigenvalue weighted by Crippen LogP contribution is 2.13. The summed E-state index contributed by atoms with van der Waals surface area (Å²) in [7, 11) is -2.93. The number of nitrogens with zero attached hydrogens (tertiary/aromatic N) is 1. The van der Waals surface area contributed by atoms with E-state index in [9.17, 15) is 8.42 Å². The molecule has 2 fully saturated rings. The van der Waals surface area contributed by atoms with E-state index < -0.39 is 9.84 Å². The SMILES string of the molecule is O=S(=O)(CCN1CCOCC1)C1CCCNC1. The molecule has 2 aliphatic rings. The van der Waals surface area contributed by atoms with Gasteiger partial charge in [0.1, 0.15) is 0 Å². The van der Waals surface area contributed by atoms with Crippen molar-refractivity contribution in [2.45, 2.75) is 18.1 Å². The minimum Gasteiger partial charge on any atom is -0.379 e. The lowest BCUT2D eigenvalue weighted by molar-refractivity contribution is 0.0408. The minimum absolute atomic E-state index is 0.169. The molecule has 0 aliphatic carbocycles. The molecule has 1 unspecified atom stereocenters. The molecular weight excluding hydrogens is 240 g/mol. The summed E-state index contributed by atoms with van der Waals surface area (Å²) < 4.78 is 29.5. The fraction of sp³-hybridized carbons (Fsp3) is 1.00. The van der Waals surface area contributed by atoms with Crippen LogP contribution in [0.3, 0.4) is 0 Å². The molecule has 2 saturated heterocycles. The number of rotatable bonds is 4. The molecule has 0 aromatic rings. The van der Waals surface area contributed by atoms with Gasteiger partial charge in [-0.1, -0.05) is 0 Å². The van der Waals surface area contributed by atoms with Gasteiger partial charge in [0.15, 0.2) is 9.84 Å². The molecule has 0 saturated carbocycles. The van der Waals surface area contributed by atoms with Crippen LogP contribution in [0, 0.1) is 0 Å². The molecule has 2 rings (SSSR count). The Morgan fingerprint density at radius 3 is 2.71 bits per heavy atom. The Balaban J connectivity index is 1.79. The number of sulfone groups is 1. The molecule has 0 aromatic carbocycles. The molecule has 0 amide bonds. The van der Waals surface area contributed by atoms with Crippen LogP contribution in [0.15, 0.2) is 0 Å². The first-order chi connectivity index (χ1) is 8.18. The van der Waals surface area contributed by atoms with Crippen LogP contribution in [0.4, 0.5) is 0 Å². The summed E-state index contributed by atoms with van der Waals surface area (Å²) in [5, 5.41) is 3.00. The van der Waals surface area contributed by atoms with Gasteiger partial charge < -0.3 is 10.1 Å². The lowest BCUT2D eigenvalue weighted by Gasteiger charge is -2.28. The summed E-state index contributed by atoms with van der Waals surface area (Å²) >= 11 is 0. The Morgan fingerprint density at radius 2 is 2.06 bits per heavy atom. The van der Waals surface area contributed by atoms with Crippen LogP contribution in [0.1, 0.15) is 12.8 Å². The summed E-state index contributed by atoms with van der Waals surface area (Å²) in [5.74, 6) is 0.291. The van der Waals surface area contributed by atoms with Gasteiger partial charge in [-0.2, -0.15) is 0 Å². The molecular formula is C11H22N2O3S. The predicted molar refractivity (Wildman–Crippen MR) is 66.9 cm³/mol. The zero-order valence-corrected chi connectivity index (χ0v) is 11.0. The number of morpholine rings is 1. The lowest BCUT2D eigenvalue weighted by Crippen LogP contribution is -2.43. The number of ether oxygens (including phenoxy) is 1. The molecule has 6 heteroatoms. The van der Waals surface area contributed by atoms with Crippen LogP contribution in [-0.4, -0.2) is 70.3 Å². The van der Waals surface area contributed by atoms with E-state index in [2.05, 4.69) is 10.2 Å². The quantitative estimate of drug-likeness (QED) is 0.739. The highest BCUT2D eigenvalue weighted by Gasteiger charge is 2.27. The maximum atomic E-state index is 12.1. The standard InChI is InChI=1S/C11H22N2O3S/c14-17(15,11-2-1-3-12-10-11)9-6-13-4-7-16-8-5-13/h11-12H,1-10H2. The maximum absolute atomic E-state index is 12.1. The normalized spacial score (nSPS) is 28.1. The predicted octanol–water partition coefficient (Wildman–Crippen LogP) is -0.515. The molecule has 2 aliphatic heterocycles. The molecule has 2 heterocycles. The van der Waals surface area contributed by atoms with Gasteiger partial charge in [0.05, 0.1) is 24.2 Å². The van der Waals surface area contributed by atoms with Crippen molar-refractivity contribution in [3.8, 4) is 0 Å². The van der Waals surface area contributed by atoms with Crippen LogP contribution >= 0.6 is 0 Å². The molecule has 17 heavy (non-hydrogen) atoms. The van der Waals surface area contributed by atoms with Crippen molar-refractivity contribution in [3.63, 3.8) is 0 Å². The third-order valence-corrected chi connectivity index (χ3v) is 5.72. The fourth-order valence-electron chi connectivity index (χ4n) is 2.37. The van der Waals surface area contributed by atoms with Crippen LogP contribution in [0.2, 0.25) is 0 Å². The van der Waals surface area contributed by atoms with Crippen molar-refractivity contribution in [1.29, 1.82) is 0 Å². The molecule has 1 N–H and O–H groups in total. The maximum Gasteiger partial charge on any atom is 0.155 e. The monoisotopic (exact) mass is 262 g/mol. The van der Waals surface area contributed by atoms with Gasteiger partial charge in [0.2, 0.25) is 0 Å². The van der Waals surface area contributed by atoms with Crippen molar-refractivity contribution in [2.24, 2.45) is 0 Å². The van der Waals surface area contributed by atoms with Crippen LogP contribution < -0.4 is 5.32 Å². The summed E-state index contributed by atoms with van der Waals surface area (Å²) in [6.07, 6.45) is 1.79. The number of nitrogens with one attached hydrogen (secondary N) is 1. The summed E-state index contributed by atoms with van der Waals surface area (Å²) in [5.41, 5.74) is 0. The number of piperidine rings is 1. The number of hydrogen-bond acceptors (Lipinski definition) is 5. The van der Waals surface area contributed by atoms with E-state index in [0.29, 0.717) is 18.8 Å². The Bertz CT molecular complexity index is 320. The van der Waals surface area contributed by atoms with E-state index in [1.807, 2.05) is 0 Å². The van der Waals surface area contributed by atoms with E-state index in [1.165, 1.54) is 0 Å². The highest BCUT2D eigenvalue weighted by molar-refractivity contribution is 7.92. The second-order valence-corrected chi connectivity index (χ2v) is 7.19. The smallest absolute Gasteiger partial charge is 0.155 e. The number of hydrogen-bond donors (Lipinski definition) is 1. The average Bonchev–Trinajstić information content (AvgIpc) is 2.39. The van der Waals surface area contributed by atoms with E-state index in [0.717, 1.165) is 45.7 Å². The molecule has 0 aromatic heterocycles. The van der Waals surface area contributed by atoms with Crippen LogP contribution in [-0.2, 0) is 14.6 Å². The molecule has 5 nitrogen and oxygen atoms in total. The average molecular weight is 262 g/mol. The second kappa shape index (κ2) is 6.13. The van der Waals surface area contributed by atoms with Crippen LogP contribution in [0.5, 0.6) is 0 Å². The van der Waals surface area contributed by atoms with Gasteiger partial charge >= 0.3 is 0 Å². The highest BCUT2D eigenvalue weighted by atomic mass is 32.2. The minimum atomic E-state index is -2.93. The third kappa shape index (κ3) is 3.91. The zero-order valence-electron chi connectivity index (χ0n) is 10.2. The van der Waals surface area contributed by atoms with E-state index in [-0.39, 0.29) is 5.25 Å². The molecule has 0 bridgehead atoms. The van der Waals surface area contributed by atoms with Gasteiger partial charge in [0, 0.05) is 26.2 Å². The Kier molecular flexibility index (Phi) is 4.78. The Labute approximate surface area is 103 Å². The lowest BCUT2D eigenvalue weighted by atomic mass is 10.2. The summed E-state index contributed by atoms with van der Waals surface area (Å²) in [6.45, 7) is 5.41. The fourth-order valence-corrected chi connectivity index (χ4v) is 4.12. The van der Waals surface area contributed by atoms with Gasteiger partial charge in [-0.3, -0.25) is 4.90 Å². The van der Waals surface area contributed by atoms with E-state index in [1.54, 1.807) is 0 Å². The van der Waals surface area contributed by atoms with Crippen molar-refractivity contribution >= 4 is 9.84 Å².